The van der Waals surface area contributed by atoms with Gasteiger partial charge in [-0.2, -0.15) is 0 Å². The van der Waals surface area contributed by atoms with Crippen molar-refractivity contribution in [1.82, 2.24) is 5.32 Å². The highest BCUT2D eigenvalue weighted by Gasteiger charge is 2.15. The Balaban J connectivity index is 2.43. The van der Waals surface area contributed by atoms with E-state index in [1.165, 1.54) is 5.56 Å². The minimum Gasteiger partial charge on any atom is -0.494 e. The molecule has 0 heterocycles. The zero-order chi connectivity index (χ0) is 13.4. The molecule has 0 saturated heterocycles. The van der Waals surface area contributed by atoms with Gasteiger partial charge in [-0.15, -0.1) is 0 Å². The predicted molar refractivity (Wildman–Crippen MR) is 75.0 cm³/mol. The number of nitrogens with one attached hydrogen (secondary N) is 1. The minimum absolute atomic E-state index is 0.00781. The van der Waals surface area contributed by atoms with Gasteiger partial charge in [0.1, 0.15) is 5.75 Å². The predicted octanol–water partition coefficient (Wildman–Crippen LogP) is 2.99. The first-order valence-electron chi connectivity index (χ1n) is 6.53. The van der Waals surface area contributed by atoms with Crippen LogP contribution in [-0.4, -0.2) is 25.9 Å². The van der Waals surface area contributed by atoms with Crippen LogP contribution in [0, 0.1) is 0 Å². The van der Waals surface area contributed by atoms with Gasteiger partial charge in [0.2, 0.25) is 0 Å². The molecular formula is C15H25NO2. The molecule has 0 atom stereocenters. The second-order valence-electron chi connectivity index (χ2n) is 5.16. The van der Waals surface area contributed by atoms with Crippen molar-refractivity contribution in [2.45, 2.75) is 39.3 Å². The van der Waals surface area contributed by atoms with Crippen LogP contribution in [0.3, 0.4) is 0 Å². The first kappa shape index (κ1) is 15.0. The number of rotatable bonds is 8. The number of benzene rings is 1. The molecule has 1 aromatic carbocycles. The highest BCUT2D eigenvalue weighted by molar-refractivity contribution is 5.27. The van der Waals surface area contributed by atoms with E-state index in [2.05, 4.69) is 38.2 Å². The lowest BCUT2D eigenvalue weighted by Crippen LogP contribution is -2.42. The zero-order valence-corrected chi connectivity index (χ0v) is 12.0. The number of methoxy groups -OCH3 is 1. The first-order chi connectivity index (χ1) is 8.57. The second kappa shape index (κ2) is 7.39. The molecule has 0 bridgehead atoms. The van der Waals surface area contributed by atoms with Crippen LogP contribution >= 0.6 is 0 Å². The van der Waals surface area contributed by atoms with Gasteiger partial charge in [0.05, 0.1) is 13.2 Å². The van der Waals surface area contributed by atoms with Gasteiger partial charge >= 0.3 is 0 Å². The molecule has 0 unspecified atom stereocenters. The van der Waals surface area contributed by atoms with Crippen LogP contribution < -0.4 is 10.1 Å². The monoisotopic (exact) mass is 251 g/mol. The fraction of sp³-hybridized carbons (Fsp3) is 0.600. The molecule has 1 N–H and O–H groups in total. The molecule has 102 valence electrons. The number of ether oxygens (including phenoxy) is 2. The Morgan fingerprint density at radius 2 is 1.83 bits per heavy atom. The molecule has 1 aromatic rings. The highest BCUT2D eigenvalue weighted by atomic mass is 16.5. The Hall–Kier alpha value is -1.06. The van der Waals surface area contributed by atoms with Gasteiger partial charge in [0, 0.05) is 19.2 Å². The van der Waals surface area contributed by atoms with E-state index in [-0.39, 0.29) is 5.54 Å². The van der Waals surface area contributed by atoms with Gasteiger partial charge in [0.15, 0.2) is 0 Å². The summed E-state index contributed by atoms with van der Waals surface area (Å²) < 4.78 is 10.7. The Labute approximate surface area is 110 Å². The maximum Gasteiger partial charge on any atom is 0.119 e. The van der Waals surface area contributed by atoms with Crippen molar-refractivity contribution in [3.8, 4) is 5.75 Å². The lowest BCUT2D eigenvalue weighted by atomic mass is 10.1. The molecule has 0 spiro atoms. The molecular weight excluding hydrogens is 226 g/mol. The van der Waals surface area contributed by atoms with E-state index < -0.39 is 0 Å². The van der Waals surface area contributed by atoms with Gasteiger partial charge in [0.25, 0.3) is 0 Å². The molecule has 0 aromatic heterocycles. The average Bonchev–Trinajstić information content (AvgIpc) is 2.35. The fourth-order valence-corrected chi connectivity index (χ4v) is 1.68. The molecule has 0 aliphatic carbocycles. The van der Waals surface area contributed by atoms with Crippen molar-refractivity contribution >= 4 is 0 Å². The lowest BCUT2D eigenvalue weighted by molar-refractivity contribution is 0.128. The smallest absolute Gasteiger partial charge is 0.119 e. The maximum absolute atomic E-state index is 5.55. The molecule has 3 nitrogen and oxygen atoms in total. The quantitative estimate of drug-likeness (QED) is 0.770. The third-order valence-corrected chi connectivity index (χ3v) is 2.67. The molecule has 1 rings (SSSR count). The molecule has 3 heteroatoms. The van der Waals surface area contributed by atoms with Gasteiger partial charge < -0.3 is 14.8 Å². The molecule has 0 amide bonds. The van der Waals surface area contributed by atoms with E-state index in [0.717, 1.165) is 25.3 Å². The van der Waals surface area contributed by atoms with Crippen molar-refractivity contribution in [2.24, 2.45) is 0 Å². The Bertz CT molecular complexity index is 333. The Kier molecular flexibility index (Phi) is 6.16. The standard InChI is InChI=1S/C15H25NO2/c1-5-10-18-14-8-6-13(7-9-14)11-16-15(2,3)12-17-4/h6-9,16H,5,10-12H2,1-4H3. The van der Waals surface area contributed by atoms with E-state index in [0.29, 0.717) is 6.61 Å². The summed E-state index contributed by atoms with van der Waals surface area (Å²) in [6.45, 7) is 8.69. The summed E-state index contributed by atoms with van der Waals surface area (Å²) in [5, 5.41) is 3.47. The van der Waals surface area contributed by atoms with Gasteiger partial charge in [-0.3, -0.25) is 0 Å². The molecule has 0 fully saturated rings. The molecule has 0 radical (unpaired) electrons. The zero-order valence-electron chi connectivity index (χ0n) is 12.0. The first-order valence-corrected chi connectivity index (χ1v) is 6.53. The van der Waals surface area contributed by atoms with E-state index in [1.54, 1.807) is 7.11 Å². The van der Waals surface area contributed by atoms with Crippen LogP contribution in [0.2, 0.25) is 0 Å². The van der Waals surface area contributed by atoms with Crippen LogP contribution in [0.25, 0.3) is 0 Å². The van der Waals surface area contributed by atoms with Crippen LogP contribution in [0.15, 0.2) is 24.3 Å². The summed E-state index contributed by atoms with van der Waals surface area (Å²) in [4.78, 5) is 0. The minimum atomic E-state index is -0.00781. The van der Waals surface area contributed by atoms with Crippen molar-refractivity contribution in [3.63, 3.8) is 0 Å². The van der Waals surface area contributed by atoms with Crippen LogP contribution in [0.5, 0.6) is 5.75 Å². The van der Waals surface area contributed by atoms with Crippen molar-refractivity contribution < 1.29 is 9.47 Å². The van der Waals surface area contributed by atoms with Crippen molar-refractivity contribution in [2.75, 3.05) is 20.3 Å². The number of hydrogen-bond acceptors (Lipinski definition) is 3. The highest BCUT2D eigenvalue weighted by Crippen LogP contribution is 2.13. The Morgan fingerprint density at radius 1 is 1.17 bits per heavy atom. The maximum atomic E-state index is 5.55. The van der Waals surface area contributed by atoms with Gasteiger partial charge in [-0.25, -0.2) is 0 Å². The Morgan fingerprint density at radius 3 is 2.39 bits per heavy atom. The lowest BCUT2D eigenvalue weighted by Gasteiger charge is -2.25. The average molecular weight is 251 g/mol. The third kappa shape index (κ3) is 5.52. The van der Waals surface area contributed by atoms with E-state index in [9.17, 15) is 0 Å². The summed E-state index contributed by atoms with van der Waals surface area (Å²) in [5.74, 6) is 0.941. The van der Waals surface area contributed by atoms with E-state index >= 15 is 0 Å². The van der Waals surface area contributed by atoms with Crippen molar-refractivity contribution in [1.29, 1.82) is 0 Å². The topological polar surface area (TPSA) is 30.5 Å². The summed E-state index contributed by atoms with van der Waals surface area (Å²) >= 11 is 0. The summed E-state index contributed by atoms with van der Waals surface area (Å²) in [6.07, 6.45) is 1.04. The molecule has 18 heavy (non-hydrogen) atoms. The SMILES string of the molecule is CCCOc1ccc(CNC(C)(C)COC)cc1. The summed E-state index contributed by atoms with van der Waals surface area (Å²) in [5.41, 5.74) is 1.24. The van der Waals surface area contributed by atoms with Crippen LogP contribution in [0.4, 0.5) is 0 Å². The molecule has 0 aliphatic rings. The fourth-order valence-electron chi connectivity index (χ4n) is 1.68. The van der Waals surface area contributed by atoms with E-state index in [4.69, 9.17) is 9.47 Å². The third-order valence-electron chi connectivity index (χ3n) is 2.67. The van der Waals surface area contributed by atoms with E-state index in [1.807, 2.05) is 12.1 Å². The van der Waals surface area contributed by atoms with Gasteiger partial charge in [-0.05, 0) is 38.0 Å². The largest absolute Gasteiger partial charge is 0.494 e. The van der Waals surface area contributed by atoms with Crippen LogP contribution in [0.1, 0.15) is 32.8 Å². The summed E-state index contributed by atoms with van der Waals surface area (Å²) in [7, 11) is 1.73. The van der Waals surface area contributed by atoms with Crippen LogP contribution in [-0.2, 0) is 11.3 Å². The van der Waals surface area contributed by atoms with Crippen molar-refractivity contribution in [3.05, 3.63) is 29.8 Å². The molecule has 0 saturated carbocycles. The number of hydrogen-bond donors (Lipinski definition) is 1. The molecule has 0 aliphatic heterocycles. The summed E-state index contributed by atoms with van der Waals surface area (Å²) in [6, 6.07) is 8.24. The normalized spacial score (nSPS) is 11.6. The second-order valence-corrected chi connectivity index (χ2v) is 5.16. The van der Waals surface area contributed by atoms with Gasteiger partial charge in [-0.1, -0.05) is 19.1 Å².